The second-order valence-electron chi connectivity index (χ2n) is 16.3. The van der Waals surface area contributed by atoms with Gasteiger partial charge in [-0.05, 0) is 95.0 Å². The molecular weight excluding hydrogens is 741 g/mol. The number of pyridine rings is 4. The van der Waals surface area contributed by atoms with Crippen LogP contribution in [0.1, 0.15) is 46.5 Å². The minimum Gasteiger partial charge on any atom is -0.444 e. The van der Waals surface area contributed by atoms with E-state index in [-0.39, 0.29) is 18.2 Å². The van der Waals surface area contributed by atoms with Crippen molar-refractivity contribution in [2.24, 2.45) is 5.73 Å². The molecule has 2 fully saturated rings. The summed E-state index contributed by atoms with van der Waals surface area (Å²) in [6.07, 6.45) is 7.64. The number of para-hydroxylation sites is 2. The predicted molar refractivity (Wildman–Crippen MR) is 231 cm³/mol. The molecule has 0 radical (unpaired) electrons. The maximum Gasteiger partial charge on any atom is 0.407 e. The van der Waals surface area contributed by atoms with E-state index in [4.69, 9.17) is 20.4 Å². The second kappa shape index (κ2) is 15.9. The van der Waals surface area contributed by atoms with Crippen LogP contribution in [0.15, 0.2) is 109 Å². The maximum absolute atomic E-state index is 12.3. The Morgan fingerprint density at radius 2 is 1.20 bits per heavy atom. The van der Waals surface area contributed by atoms with Gasteiger partial charge in [0.15, 0.2) is 22.9 Å². The summed E-state index contributed by atoms with van der Waals surface area (Å²) >= 11 is 0. The maximum atomic E-state index is 12.3. The number of piperidine rings is 2. The lowest BCUT2D eigenvalue weighted by Gasteiger charge is -2.35. The van der Waals surface area contributed by atoms with Crippen LogP contribution in [-0.4, -0.2) is 89.1 Å². The number of nitrogens with two attached hydrogens (primary N) is 1. The van der Waals surface area contributed by atoms with Crippen molar-refractivity contribution in [3.05, 3.63) is 109 Å². The summed E-state index contributed by atoms with van der Waals surface area (Å²) < 4.78 is 9.36. The number of aromatic nitrogens is 8. The summed E-state index contributed by atoms with van der Waals surface area (Å²) in [5.74, 6) is 1.47. The molecule has 300 valence electrons. The van der Waals surface area contributed by atoms with Gasteiger partial charge in [0.2, 0.25) is 0 Å². The van der Waals surface area contributed by atoms with E-state index >= 15 is 0 Å². The van der Waals surface area contributed by atoms with Crippen molar-refractivity contribution in [2.75, 3.05) is 36.0 Å². The molecule has 2 aliphatic heterocycles. The third-order valence-corrected chi connectivity index (χ3v) is 10.8. The lowest BCUT2D eigenvalue weighted by atomic mass is 10.0. The molecule has 0 saturated carbocycles. The molecule has 2 aromatic carbocycles. The molecule has 14 heteroatoms. The average Bonchev–Trinajstić information content (AvgIpc) is 3.88. The first kappa shape index (κ1) is 37.9. The summed E-state index contributed by atoms with van der Waals surface area (Å²) in [5, 5.41) is 22.4. The van der Waals surface area contributed by atoms with Gasteiger partial charge < -0.3 is 25.6 Å². The summed E-state index contributed by atoms with van der Waals surface area (Å²) in [5.41, 5.74) is 13.0. The van der Waals surface area contributed by atoms with Crippen LogP contribution in [-0.2, 0) is 4.74 Å². The van der Waals surface area contributed by atoms with Gasteiger partial charge in [-0.1, -0.05) is 48.5 Å². The van der Waals surface area contributed by atoms with Crippen LogP contribution in [0.3, 0.4) is 0 Å². The second-order valence-corrected chi connectivity index (χ2v) is 16.3. The van der Waals surface area contributed by atoms with Crippen LogP contribution >= 0.6 is 0 Å². The molecule has 2 atom stereocenters. The highest BCUT2D eigenvalue weighted by molar-refractivity contribution is 5.93. The van der Waals surface area contributed by atoms with Gasteiger partial charge in [0.05, 0.1) is 22.4 Å². The Balaban J connectivity index is 0.000000156. The number of carbonyl (C=O) groups is 1. The Morgan fingerprint density at radius 3 is 1.75 bits per heavy atom. The van der Waals surface area contributed by atoms with Gasteiger partial charge in [-0.2, -0.15) is 0 Å². The van der Waals surface area contributed by atoms with Gasteiger partial charge in [-0.15, -0.1) is 20.4 Å². The zero-order valence-electron chi connectivity index (χ0n) is 33.6. The van der Waals surface area contributed by atoms with Gasteiger partial charge in [0.25, 0.3) is 0 Å². The summed E-state index contributed by atoms with van der Waals surface area (Å²) in [4.78, 5) is 26.9. The number of ether oxygens (including phenoxy) is 1. The Morgan fingerprint density at radius 1 is 0.661 bits per heavy atom. The quantitative estimate of drug-likeness (QED) is 0.180. The molecule has 3 N–H and O–H groups in total. The number of benzene rings is 2. The number of carbonyl (C=O) groups excluding carboxylic acids is 1. The molecular formula is C45H48N12O2. The number of nitrogens with zero attached hydrogens (tertiary/aromatic N) is 10. The summed E-state index contributed by atoms with van der Waals surface area (Å²) in [6.45, 7) is 9.13. The van der Waals surface area contributed by atoms with E-state index in [2.05, 4.69) is 84.0 Å². The number of fused-ring (bicyclic) bond motifs is 4. The largest absolute Gasteiger partial charge is 0.444 e. The third-order valence-electron chi connectivity index (χ3n) is 10.8. The minimum absolute atomic E-state index is 0.0208. The van der Waals surface area contributed by atoms with Crippen molar-refractivity contribution < 1.29 is 9.53 Å². The number of hydrogen-bond acceptors (Lipinski definition) is 11. The van der Waals surface area contributed by atoms with Crippen molar-refractivity contribution >= 4 is 50.6 Å². The average molecular weight is 789 g/mol. The van der Waals surface area contributed by atoms with Crippen LogP contribution in [0.2, 0.25) is 0 Å². The minimum atomic E-state index is -0.514. The van der Waals surface area contributed by atoms with Crippen molar-refractivity contribution in [3.8, 4) is 23.0 Å². The molecule has 8 heterocycles. The van der Waals surface area contributed by atoms with E-state index in [1.54, 1.807) is 0 Å². The molecule has 8 aromatic rings. The Labute approximate surface area is 342 Å². The lowest BCUT2D eigenvalue weighted by Crippen LogP contribution is -2.49. The number of alkyl carbamates (subject to hydrolysis) is 1. The molecule has 0 bridgehead atoms. The van der Waals surface area contributed by atoms with E-state index in [1.807, 2.05) is 90.5 Å². The van der Waals surface area contributed by atoms with Gasteiger partial charge >= 0.3 is 6.09 Å². The van der Waals surface area contributed by atoms with Gasteiger partial charge in [0.1, 0.15) is 17.0 Å². The van der Waals surface area contributed by atoms with Crippen molar-refractivity contribution in [3.63, 3.8) is 0 Å². The molecule has 10 rings (SSSR count). The monoisotopic (exact) mass is 788 g/mol. The SMILES string of the molecule is CC(C)(C)OC(=O)NC1CCCN(c2cccc3ccc(-c4nnc5ccccn45)nc23)C1.N[C@@H]1CCCN(c2cccc3ccc(-c4nnc5ccccn45)nc23)C1. The van der Waals surface area contributed by atoms with Crippen molar-refractivity contribution in [1.82, 2.24) is 44.5 Å². The first-order valence-corrected chi connectivity index (χ1v) is 20.3. The third kappa shape index (κ3) is 8.08. The first-order chi connectivity index (χ1) is 28.7. The Kier molecular flexibility index (Phi) is 10.2. The first-order valence-electron chi connectivity index (χ1n) is 20.3. The zero-order valence-corrected chi connectivity index (χ0v) is 33.6. The van der Waals surface area contributed by atoms with Crippen LogP contribution in [0.25, 0.3) is 56.1 Å². The predicted octanol–water partition coefficient (Wildman–Crippen LogP) is 7.31. The van der Waals surface area contributed by atoms with Crippen LogP contribution in [0, 0.1) is 0 Å². The van der Waals surface area contributed by atoms with Gasteiger partial charge in [-0.25, -0.2) is 14.8 Å². The molecule has 0 aliphatic carbocycles. The lowest BCUT2D eigenvalue weighted by molar-refractivity contribution is 0.0500. The van der Waals surface area contributed by atoms with Crippen molar-refractivity contribution in [2.45, 2.75) is 64.1 Å². The van der Waals surface area contributed by atoms with E-state index in [9.17, 15) is 4.79 Å². The van der Waals surface area contributed by atoms with Gasteiger partial charge in [-0.3, -0.25) is 8.80 Å². The van der Waals surface area contributed by atoms with Crippen LogP contribution < -0.4 is 20.9 Å². The number of hydrogen-bond donors (Lipinski definition) is 2. The fourth-order valence-corrected chi connectivity index (χ4v) is 8.07. The summed E-state index contributed by atoms with van der Waals surface area (Å²) in [7, 11) is 0. The highest BCUT2D eigenvalue weighted by atomic mass is 16.6. The molecule has 59 heavy (non-hydrogen) atoms. The Bertz CT molecular complexity index is 2770. The van der Waals surface area contributed by atoms with Crippen LogP contribution in [0.4, 0.5) is 16.2 Å². The van der Waals surface area contributed by atoms with Gasteiger partial charge in [0, 0.05) is 61.4 Å². The molecule has 6 aromatic heterocycles. The number of amides is 1. The van der Waals surface area contributed by atoms with E-state index in [0.717, 1.165) is 107 Å². The molecule has 2 aliphatic rings. The number of rotatable bonds is 5. The normalized spacial score (nSPS) is 17.3. The number of nitrogens with one attached hydrogen (secondary N) is 1. The van der Waals surface area contributed by atoms with Crippen LogP contribution in [0.5, 0.6) is 0 Å². The number of anilines is 2. The molecule has 2 saturated heterocycles. The van der Waals surface area contributed by atoms with Crippen molar-refractivity contribution in [1.29, 1.82) is 0 Å². The molecule has 1 amide bonds. The highest BCUT2D eigenvalue weighted by Crippen LogP contribution is 2.32. The molecule has 0 spiro atoms. The van der Waals surface area contributed by atoms with E-state index in [0.29, 0.717) is 12.4 Å². The molecule has 1 unspecified atom stereocenters. The highest BCUT2D eigenvalue weighted by Gasteiger charge is 2.26. The van der Waals surface area contributed by atoms with E-state index in [1.165, 1.54) is 0 Å². The standard InChI is InChI=1S/C25H28N6O2.C20H20N6/c1-25(2,3)33-24(32)26-18-9-7-14-30(16-18)20-10-6-8-17-12-13-19(27-22(17)20)23-29-28-21-11-4-5-15-31(21)23;21-15-6-4-11-25(13-15)17-7-3-5-14-9-10-16(22-19(14)17)20-24-23-18-8-1-2-12-26(18)20/h4-6,8,10-13,15,18H,7,9,14,16H2,1-3H3,(H,26,32);1-3,5,7-10,12,15H,4,6,11,13,21H2/t;15-/m.1/s1. The fourth-order valence-electron chi connectivity index (χ4n) is 8.07. The topological polar surface area (TPSA) is 157 Å². The summed E-state index contributed by atoms with van der Waals surface area (Å²) in [6, 6.07) is 32.7. The zero-order chi connectivity index (χ0) is 40.5. The molecule has 14 nitrogen and oxygen atoms in total. The smallest absolute Gasteiger partial charge is 0.407 e. The fraction of sp³-hybridized carbons (Fsp3) is 0.311. The van der Waals surface area contributed by atoms with E-state index < -0.39 is 5.60 Å². The Hall–Kier alpha value is -6.67.